The van der Waals surface area contributed by atoms with Crippen LogP contribution in [0.1, 0.15) is 53.4 Å². The molecular formula is C13H25NO4S. The molecule has 0 aromatic rings. The van der Waals surface area contributed by atoms with Gasteiger partial charge in [0.1, 0.15) is 5.60 Å². The van der Waals surface area contributed by atoms with Crippen LogP contribution in [0, 0.1) is 0 Å². The highest BCUT2D eigenvalue weighted by Crippen LogP contribution is 2.29. The number of amides is 1. The predicted molar refractivity (Wildman–Crippen MR) is 74.9 cm³/mol. The van der Waals surface area contributed by atoms with Crippen molar-refractivity contribution in [3.63, 3.8) is 0 Å². The fraction of sp³-hybridized carbons (Fsp3) is 0.923. The van der Waals surface area contributed by atoms with Crippen LogP contribution < -0.4 is 5.32 Å². The van der Waals surface area contributed by atoms with Crippen molar-refractivity contribution < 1.29 is 17.9 Å². The quantitative estimate of drug-likeness (QED) is 0.847. The van der Waals surface area contributed by atoms with E-state index in [4.69, 9.17) is 4.74 Å². The van der Waals surface area contributed by atoms with Crippen LogP contribution in [0.4, 0.5) is 4.79 Å². The maximum Gasteiger partial charge on any atom is 0.407 e. The Hall–Kier alpha value is -0.780. The number of alkyl carbamates (subject to hydrolysis) is 1. The lowest BCUT2D eigenvalue weighted by Crippen LogP contribution is -2.47. The molecule has 0 saturated carbocycles. The summed E-state index contributed by atoms with van der Waals surface area (Å²) in [6.45, 7) is 7.15. The van der Waals surface area contributed by atoms with Gasteiger partial charge in [0.05, 0.1) is 10.5 Å². The van der Waals surface area contributed by atoms with Crippen molar-refractivity contribution >= 4 is 15.9 Å². The zero-order chi connectivity index (χ0) is 14.7. The van der Waals surface area contributed by atoms with Crippen LogP contribution >= 0.6 is 0 Å². The highest BCUT2D eigenvalue weighted by Gasteiger charge is 2.40. The van der Waals surface area contributed by atoms with E-state index in [0.717, 1.165) is 12.8 Å². The highest BCUT2D eigenvalue weighted by atomic mass is 32.2. The lowest BCUT2D eigenvalue weighted by molar-refractivity contribution is 0.0522. The van der Waals surface area contributed by atoms with Gasteiger partial charge in [-0.25, -0.2) is 13.2 Å². The Morgan fingerprint density at radius 2 is 1.89 bits per heavy atom. The summed E-state index contributed by atoms with van der Waals surface area (Å²) in [6.07, 6.45) is 2.55. The molecule has 0 aromatic carbocycles. The first-order valence-electron chi connectivity index (χ1n) is 6.75. The topological polar surface area (TPSA) is 72.5 Å². The van der Waals surface area contributed by atoms with Crippen LogP contribution in [0.3, 0.4) is 0 Å². The molecule has 112 valence electrons. The Labute approximate surface area is 116 Å². The van der Waals surface area contributed by atoms with Gasteiger partial charge in [0.2, 0.25) is 0 Å². The van der Waals surface area contributed by atoms with E-state index >= 15 is 0 Å². The van der Waals surface area contributed by atoms with Crippen LogP contribution in [-0.2, 0) is 14.6 Å². The molecule has 1 heterocycles. The van der Waals surface area contributed by atoms with Gasteiger partial charge in [-0.05, 0) is 40.5 Å². The second kappa shape index (κ2) is 5.69. The van der Waals surface area contributed by atoms with Gasteiger partial charge in [0.25, 0.3) is 0 Å². The van der Waals surface area contributed by atoms with Gasteiger partial charge >= 0.3 is 6.09 Å². The SMILES string of the molecule is CC(C)(C)OC(=O)NCC1(C)CCCCCS1(=O)=O. The van der Waals surface area contributed by atoms with E-state index in [-0.39, 0.29) is 12.3 Å². The fourth-order valence-corrected chi connectivity index (χ4v) is 3.97. The average molecular weight is 291 g/mol. The number of nitrogens with one attached hydrogen (secondary N) is 1. The summed E-state index contributed by atoms with van der Waals surface area (Å²) in [7, 11) is -3.17. The van der Waals surface area contributed by atoms with E-state index in [0.29, 0.717) is 12.8 Å². The smallest absolute Gasteiger partial charge is 0.407 e. The minimum atomic E-state index is -3.17. The van der Waals surface area contributed by atoms with Crippen LogP contribution in [-0.4, -0.2) is 37.2 Å². The monoisotopic (exact) mass is 291 g/mol. The van der Waals surface area contributed by atoms with Gasteiger partial charge in [0.15, 0.2) is 9.84 Å². The lowest BCUT2D eigenvalue weighted by atomic mass is 10.0. The molecular weight excluding hydrogens is 266 g/mol. The lowest BCUT2D eigenvalue weighted by Gasteiger charge is -2.28. The van der Waals surface area contributed by atoms with Gasteiger partial charge in [-0.3, -0.25) is 0 Å². The van der Waals surface area contributed by atoms with Gasteiger partial charge in [0, 0.05) is 6.54 Å². The van der Waals surface area contributed by atoms with Crippen LogP contribution in [0.15, 0.2) is 0 Å². The molecule has 1 aliphatic rings. The van der Waals surface area contributed by atoms with Crippen molar-refractivity contribution in [1.29, 1.82) is 0 Å². The summed E-state index contributed by atoms with van der Waals surface area (Å²) in [5.41, 5.74) is -0.576. The van der Waals surface area contributed by atoms with Crippen LogP contribution in [0.5, 0.6) is 0 Å². The van der Waals surface area contributed by atoms with Gasteiger partial charge in [-0.2, -0.15) is 0 Å². The summed E-state index contributed by atoms with van der Waals surface area (Å²) in [6, 6.07) is 0. The summed E-state index contributed by atoms with van der Waals surface area (Å²) in [5.74, 6) is 0.208. The molecule has 0 aliphatic carbocycles. The number of sulfone groups is 1. The zero-order valence-corrected chi connectivity index (χ0v) is 13.1. The van der Waals surface area contributed by atoms with Gasteiger partial charge in [-0.15, -0.1) is 0 Å². The van der Waals surface area contributed by atoms with E-state index in [2.05, 4.69) is 5.32 Å². The highest BCUT2D eigenvalue weighted by molar-refractivity contribution is 7.92. The molecule has 1 fully saturated rings. The Balaban J connectivity index is 2.66. The van der Waals surface area contributed by atoms with E-state index in [1.807, 2.05) is 0 Å². The Morgan fingerprint density at radius 1 is 1.26 bits per heavy atom. The summed E-state index contributed by atoms with van der Waals surface area (Å²) in [4.78, 5) is 11.6. The maximum atomic E-state index is 12.2. The van der Waals surface area contributed by atoms with E-state index < -0.39 is 26.3 Å². The first kappa shape index (κ1) is 16.3. The molecule has 0 spiro atoms. The molecule has 19 heavy (non-hydrogen) atoms. The van der Waals surface area contributed by atoms with Crippen LogP contribution in [0.25, 0.3) is 0 Å². The minimum absolute atomic E-state index is 0.115. The third-order valence-electron chi connectivity index (χ3n) is 3.38. The Morgan fingerprint density at radius 3 is 2.47 bits per heavy atom. The van der Waals surface area contributed by atoms with Gasteiger partial charge in [-0.1, -0.05) is 12.8 Å². The minimum Gasteiger partial charge on any atom is -0.444 e. The van der Waals surface area contributed by atoms with Crippen molar-refractivity contribution in [3.8, 4) is 0 Å². The molecule has 0 bridgehead atoms. The third-order valence-corrected chi connectivity index (χ3v) is 6.05. The molecule has 5 nitrogen and oxygen atoms in total. The molecule has 1 rings (SSSR count). The number of ether oxygens (including phenoxy) is 1. The Kier molecular flexibility index (Phi) is 4.87. The van der Waals surface area contributed by atoms with Crippen LogP contribution in [0.2, 0.25) is 0 Å². The molecule has 1 amide bonds. The first-order valence-corrected chi connectivity index (χ1v) is 8.40. The molecule has 1 unspecified atom stereocenters. The van der Waals surface area contributed by atoms with E-state index in [1.54, 1.807) is 27.7 Å². The number of carbonyl (C=O) groups excluding carboxylic acids is 1. The number of hydrogen-bond acceptors (Lipinski definition) is 4. The summed E-state index contributed by atoms with van der Waals surface area (Å²) in [5, 5.41) is 2.59. The molecule has 1 atom stereocenters. The number of rotatable bonds is 2. The van der Waals surface area contributed by atoms with Crippen molar-refractivity contribution in [2.45, 2.75) is 63.7 Å². The van der Waals surface area contributed by atoms with Gasteiger partial charge < -0.3 is 10.1 Å². The van der Waals surface area contributed by atoms with Crippen molar-refractivity contribution in [1.82, 2.24) is 5.32 Å². The predicted octanol–water partition coefficient (Wildman–Crippen LogP) is 2.26. The first-order chi connectivity index (χ1) is 8.56. The largest absolute Gasteiger partial charge is 0.444 e. The maximum absolute atomic E-state index is 12.2. The molecule has 1 N–H and O–H groups in total. The third kappa shape index (κ3) is 4.67. The molecule has 1 aliphatic heterocycles. The standard InChI is InChI=1S/C13H25NO4S/c1-12(2,3)18-11(15)14-10-13(4)8-6-5-7-9-19(13,16)17/h5-10H2,1-4H3,(H,14,15). The average Bonchev–Trinajstić information content (AvgIpc) is 2.34. The number of carbonyl (C=O) groups is 1. The molecule has 0 aromatic heterocycles. The second-order valence-electron chi connectivity index (χ2n) is 6.43. The van der Waals surface area contributed by atoms with E-state index in [9.17, 15) is 13.2 Å². The Bertz CT molecular complexity index is 424. The normalized spacial score (nSPS) is 27.4. The molecule has 1 saturated heterocycles. The van der Waals surface area contributed by atoms with Crippen molar-refractivity contribution in [3.05, 3.63) is 0 Å². The second-order valence-corrected chi connectivity index (χ2v) is 9.06. The summed E-state index contributed by atoms with van der Waals surface area (Å²) >= 11 is 0. The fourth-order valence-electron chi connectivity index (χ4n) is 2.14. The van der Waals surface area contributed by atoms with Crippen molar-refractivity contribution in [2.24, 2.45) is 0 Å². The zero-order valence-electron chi connectivity index (χ0n) is 12.3. The van der Waals surface area contributed by atoms with E-state index in [1.165, 1.54) is 0 Å². The van der Waals surface area contributed by atoms with Crippen molar-refractivity contribution in [2.75, 3.05) is 12.3 Å². The number of hydrogen-bond donors (Lipinski definition) is 1. The molecule has 6 heteroatoms. The molecule has 0 radical (unpaired) electrons. The summed E-state index contributed by atoms with van der Waals surface area (Å²) < 4.78 is 28.7.